The Balaban J connectivity index is 1.70. The van der Waals surface area contributed by atoms with Crippen molar-refractivity contribution in [2.75, 3.05) is 19.5 Å². The van der Waals surface area contributed by atoms with Gasteiger partial charge in [0.25, 0.3) is 0 Å². The average molecular weight is 335 g/mol. The number of rotatable bonds is 5. The summed E-state index contributed by atoms with van der Waals surface area (Å²) in [6, 6.07) is 20.0. The molecule has 0 amide bonds. The van der Waals surface area contributed by atoms with Gasteiger partial charge in [-0.1, -0.05) is 36.4 Å². The molecule has 3 aromatic carbocycles. The lowest BCUT2D eigenvalue weighted by Gasteiger charge is -2.11. The van der Waals surface area contributed by atoms with Crippen molar-refractivity contribution >= 4 is 22.4 Å². The molecule has 0 aliphatic carbocycles. The smallest absolute Gasteiger partial charge is 0.193 e. The fourth-order valence-electron chi connectivity index (χ4n) is 2.61. The highest BCUT2D eigenvalue weighted by atomic mass is 16.5. The van der Waals surface area contributed by atoms with Crippen LogP contribution in [0.5, 0.6) is 11.5 Å². The number of nitrogens with two attached hydrogens (primary N) is 1. The zero-order valence-electron chi connectivity index (χ0n) is 14.3. The second kappa shape index (κ2) is 7.57. The highest BCUT2D eigenvalue weighted by molar-refractivity contribution is 5.92. The molecule has 0 radical (unpaired) electrons. The molecule has 0 aliphatic heterocycles. The van der Waals surface area contributed by atoms with Gasteiger partial charge in [-0.2, -0.15) is 0 Å². The molecule has 0 saturated carbocycles. The lowest BCUT2D eigenvalue weighted by molar-refractivity contribution is 0.355. The fourth-order valence-corrected chi connectivity index (χ4v) is 2.61. The van der Waals surface area contributed by atoms with Crippen molar-refractivity contribution in [1.82, 2.24) is 0 Å². The normalized spacial score (nSPS) is 11.4. The number of benzene rings is 3. The molecule has 0 heterocycles. The van der Waals surface area contributed by atoms with E-state index in [1.54, 1.807) is 14.2 Å². The van der Waals surface area contributed by atoms with Crippen LogP contribution in [0.4, 0.5) is 5.69 Å². The molecule has 0 atom stereocenters. The minimum Gasteiger partial charge on any atom is -0.493 e. The Bertz CT molecular complexity index is 906. The molecule has 0 aromatic heterocycles. The van der Waals surface area contributed by atoms with Gasteiger partial charge in [0.1, 0.15) is 0 Å². The van der Waals surface area contributed by atoms with Gasteiger partial charge in [-0.25, -0.2) is 4.99 Å². The summed E-state index contributed by atoms with van der Waals surface area (Å²) in [6.45, 7) is 0.511. The Morgan fingerprint density at radius 2 is 1.68 bits per heavy atom. The van der Waals surface area contributed by atoms with Gasteiger partial charge in [0.05, 0.1) is 20.8 Å². The molecule has 3 rings (SSSR count). The van der Waals surface area contributed by atoms with E-state index in [1.165, 1.54) is 10.8 Å². The van der Waals surface area contributed by atoms with Gasteiger partial charge in [-0.05, 0) is 34.5 Å². The summed E-state index contributed by atoms with van der Waals surface area (Å²) >= 11 is 0. The van der Waals surface area contributed by atoms with E-state index in [9.17, 15) is 0 Å². The second-order valence-electron chi connectivity index (χ2n) is 5.58. The molecule has 128 valence electrons. The minimum atomic E-state index is 0.348. The van der Waals surface area contributed by atoms with Gasteiger partial charge in [0.2, 0.25) is 0 Å². The Hall–Kier alpha value is -3.21. The van der Waals surface area contributed by atoms with E-state index in [0.717, 1.165) is 11.3 Å². The Morgan fingerprint density at radius 1 is 0.920 bits per heavy atom. The largest absolute Gasteiger partial charge is 0.493 e. The quantitative estimate of drug-likeness (QED) is 0.550. The maximum Gasteiger partial charge on any atom is 0.193 e. The van der Waals surface area contributed by atoms with Crippen LogP contribution in [0.3, 0.4) is 0 Å². The first-order valence-corrected chi connectivity index (χ1v) is 7.96. The molecule has 0 unspecified atom stereocenters. The molecular weight excluding hydrogens is 314 g/mol. The van der Waals surface area contributed by atoms with E-state index in [0.29, 0.717) is 24.0 Å². The Labute approximate surface area is 147 Å². The lowest BCUT2D eigenvalue weighted by Crippen LogP contribution is -2.22. The van der Waals surface area contributed by atoms with Crippen molar-refractivity contribution in [3.05, 3.63) is 66.2 Å². The van der Waals surface area contributed by atoms with Gasteiger partial charge < -0.3 is 20.5 Å². The number of fused-ring (bicyclic) bond motifs is 1. The van der Waals surface area contributed by atoms with Gasteiger partial charge in [0, 0.05) is 11.8 Å². The second-order valence-corrected chi connectivity index (χ2v) is 5.58. The van der Waals surface area contributed by atoms with E-state index in [-0.39, 0.29) is 0 Å². The molecule has 0 saturated heterocycles. The molecule has 0 bridgehead atoms. The monoisotopic (exact) mass is 335 g/mol. The average Bonchev–Trinajstić information content (AvgIpc) is 2.66. The standard InChI is InChI=1S/C20H21N3O2/c1-24-18-10-9-17(12-19(18)25-2)23-20(21)22-13-14-7-8-15-5-3-4-6-16(15)11-14/h3-12H,13H2,1-2H3,(H3,21,22,23). The number of ether oxygens (including phenoxy) is 2. The molecule has 3 aromatic rings. The first-order chi connectivity index (χ1) is 12.2. The van der Waals surface area contributed by atoms with Gasteiger partial charge >= 0.3 is 0 Å². The highest BCUT2D eigenvalue weighted by Gasteiger charge is 2.05. The van der Waals surface area contributed by atoms with Crippen LogP contribution >= 0.6 is 0 Å². The van der Waals surface area contributed by atoms with Crippen molar-refractivity contribution in [1.29, 1.82) is 0 Å². The molecule has 3 N–H and O–H groups in total. The topological polar surface area (TPSA) is 68.9 Å². The maximum absolute atomic E-state index is 6.00. The summed E-state index contributed by atoms with van der Waals surface area (Å²) in [7, 11) is 3.20. The van der Waals surface area contributed by atoms with Gasteiger partial charge in [-0.3, -0.25) is 0 Å². The minimum absolute atomic E-state index is 0.348. The Kier molecular flexibility index (Phi) is 5.04. The number of methoxy groups -OCH3 is 2. The van der Waals surface area contributed by atoms with E-state index in [4.69, 9.17) is 15.2 Å². The summed E-state index contributed by atoms with van der Waals surface area (Å²) in [5.41, 5.74) is 7.89. The van der Waals surface area contributed by atoms with Crippen LogP contribution in [0.1, 0.15) is 5.56 Å². The number of hydrogen-bond acceptors (Lipinski definition) is 3. The summed E-state index contributed by atoms with van der Waals surface area (Å²) in [6.07, 6.45) is 0. The zero-order chi connectivity index (χ0) is 17.6. The maximum atomic E-state index is 6.00. The highest BCUT2D eigenvalue weighted by Crippen LogP contribution is 2.29. The van der Waals surface area contributed by atoms with E-state index in [2.05, 4.69) is 40.6 Å². The van der Waals surface area contributed by atoms with Crippen molar-refractivity contribution in [3.63, 3.8) is 0 Å². The summed E-state index contributed by atoms with van der Waals surface area (Å²) in [5.74, 6) is 1.65. The molecule has 5 nitrogen and oxygen atoms in total. The van der Waals surface area contributed by atoms with Gasteiger partial charge in [0.15, 0.2) is 17.5 Å². The van der Waals surface area contributed by atoms with Crippen LogP contribution in [0.25, 0.3) is 10.8 Å². The van der Waals surface area contributed by atoms with Crippen molar-refractivity contribution < 1.29 is 9.47 Å². The third-order valence-electron chi connectivity index (χ3n) is 3.90. The molecule has 0 aliphatic rings. The van der Waals surface area contributed by atoms with Crippen LogP contribution in [-0.4, -0.2) is 20.2 Å². The molecule has 25 heavy (non-hydrogen) atoms. The van der Waals surface area contributed by atoms with Crippen LogP contribution < -0.4 is 20.5 Å². The van der Waals surface area contributed by atoms with Crippen LogP contribution in [-0.2, 0) is 6.54 Å². The fraction of sp³-hybridized carbons (Fsp3) is 0.150. The third-order valence-corrected chi connectivity index (χ3v) is 3.90. The molecular formula is C20H21N3O2. The van der Waals surface area contributed by atoms with Crippen molar-refractivity contribution in [2.45, 2.75) is 6.54 Å². The first-order valence-electron chi connectivity index (χ1n) is 7.96. The number of nitrogens with one attached hydrogen (secondary N) is 1. The summed E-state index contributed by atoms with van der Waals surface area (Å²) in [4.78, 5) is 4.41. The van der Waals surface area contributed by atoms with Crippen molar-refractivity contribution in [3.8, 4) is 11.5 Å². The van der Waals surface area contributed by atoms with Crippen LogP contribution in [0, 0.1) is 0 Å². The van der Waals surface area contributed by atoms with E-state index < -0.39 is 0 Å². The van der Waals surface area contributed by atoms with E-state index >= 15 is 0 Å². The summed E-state index contributed by atoms with van der Waals surface area (Å²) in [5, 5.41) is 5.48. The van der Waals surface area contributed by atoms with Gasteiger partial charge in [-0.15, -0.1) is 0 Å². The Morgan fingerprint density at radius 3 is 2.44 bits per heavy atom. The zero-order valence-corrected chi connectivity index (χ0v) is 14.3. The molecule has 0 fully saturated rings. The first kappa shape index (κ1) is 16.6. The number of hydrogen-bond donors (Lipinski definition) is 2. The molecule has 0 spiro atoms. The van der Waals surface area contributed by atoms with Crippen LogP contribution in [0.2, 0.25) is 0 Å². The third kappa shape index (κ3) is 4.01. The summed E-state index contributed by atoms with van der Waals surface area (Å²) < 4.78 is 10.5. The number of guanidine groups is 1. The number of nitrogens with zero attached hydrogens (tertiary/aromatic N) is 1. The lowest BCUT2D eigenvalue weighted by atomic mass is 10.1. The number of anilines is 1. The predicted molar refractivity (Wildman–Crippen MR) is 102 cm³/mol. The molecule has 5 heteroatoms. The predicted octanol–water partition coefficient (Wildman–Crippen LogP) is 3.78. The van der Waals surface area contributed by atoms with E-state index in [1.807, 2.05) is 30.3 Å². The SMILES string of the molecule is COc1ccc(NC(N)=NCc2ccc3ccccc3c2)cc1OC. The van der Waals surface area contributed by atoms with Crippen molar-refractivity contribution in [2.24, 2.45) is 10.7 Å². The number of aliphatic imine (C=N–C) groups is 1. The van der Waals surface area contributed by atoms with Crippen LogP contribution in [0.15, 0.2) is 65.7 Å².